The van der Waals surface area contributed by atoms with Crippen molar-refractivity contribution in [2.75, 3.05) is 18.9 Å². The van der Waals surface area contributed by atoms with Crippen LogP contribution in [0.1, 0.15) is 12.0 Å². The average Bonchev–Trinajstić information content (AvgIpc) is 2.74. The second-order valence-electron chi connectivity index (χ2n) is 3.82. The number of nitrogens with two attached hydrogens (primary N) is 1. The minimum atomic E-state index is -1.03. The number of aryl methyl sites for hydroxylation is 1. The molecule has 0 spiro atoms. The predicted octanol–water partition coefficient (Wildman–Crippen LogP) is 1.47. The Balaban J connectivity index is 2.27. The molecule has 0 aliphatic carbocycles. The Kier molecular flexibility index (Phi) is 3.07. The van der Waals surface area contributed by atoms with Crippen LogP contribution in [-0.4, -0.2) is 22.7 Å². The number of ether oxygens (including phenoxy) is 1. The lowest BCUT2D eigenvalue weighted by Crippen LogP contribution is -2.16. The Bertz CT molecular complexity index is 386. The summed E-state index contributed by atoms with van der Waals surface area (Å²) in [6.45, 7) is 3.27. The zero-order chi connectivity index (χ0) is 10.8. The first kappa shape index (κ1) is 10.6. The van der Waals surface area contributed by atoms with Gasteiger partial charge in [0.05, 0.1) is 27.6 Å². The predicted molar refractivity (Wildman–Crippen MR) is 61.2 cm³/mol. The highest BCUT2D eigenvalue weighted by Gasteiger charge is 2.24. The molecule has 2 rings (SSSR count). The molecule has 0 saturated carbocycles. The lowest BCUT2D eigenvalue weighted by atomic mass is 10.2. The van der Waals surface area contributed by atoms with Gasteiger partial charge >= 0.3 is 0 Å². The van der Waals surface area contributed by atoms with E-state index in [2.05, 4.69) is 0 Å². The summed E-state index contributed by atoms with van der Waals surface area (Å²) < 4.78 is 17.4. The number of anilines is 1. The van der Waals surface area contributed by atoms with Crippen molar-refractivity contribution in [2.24, 2.45) is 0 Å². The van der Waals surface area contributed by atoms with Crippen LogP contribution in [0.4, 0.5) is 5.69 Å². The standard InChI is InChI=1S/C11H15NO2S/c1-8-2-3-10(12)11(6-8)15(13)9-4-5-14-7-9/h2-3,6,9H,4-5,7,12H2,1H3. The van der Waals surface area contributed by atoms with Gasteiger partial charge in [-0.2, -0.15) is 0 Å². The van der Waals surface area contributed by atoms with Gasteiger partial charge in [0.2, 0.25) is 0 Å². The van der Waals surface area contributed by atoms with Gasteiger partial charge in [0.1, 0.15) is 0 Å². The zero-order valence-corrected chi connectivity index (χ0v) is 9.55. The van der Waals surface area contributed by atoms with Gasteiger partial charge in [0, 0.05) is 12.3 Å². The van der Waals surface area contributed by atoms with Gasteiger partial charge < -0.3 is 10.5 Å². The van der Waals surface area contributed by atoms with Crippen LogP contribution in [0.2, 0.25) is 0 Å². The molecule has 1 aliphatic rings. The lowest BCUT2D eigenvalue weighted by Gasteiger charge is -2.10. The fraction of sp³-hybridized carbons (Fsp3) is 0.455. The highest BCUT2D eigenvalue weighted by Crippen LogP contribution is 2.24. The second kappa shape index (κ2) is 4.33. The Morgan fingerprint density at radius 2 is 2.33 bits per heavy atom. The van der Waals surface area contributed by atoms with Crippen LogP contribution < -0.4 is 5.73 Å². The van der Waals surface area contributed by atoms with Crippen LogP contribution in [0.5, 0.6) is 0 Å². The fourth-order valence-electron chi connectivity index (χ4n) is 1.68. The SMILES string of the molecule is Cc1ccc(N)c(S(=O)C2CCOC2)c1. The molecule has 1 aliphatic heterocycles. The van der Waals surface area contributed by atoms with Gasteiger partial charge in [0.25, 0.3) is 0 Å². The molecule has 0 radical (unpaired) electrons. The maximum Gasteiger partial charge on any atom is 0.0651 e. The van der Waals surface area contributed by atoms with E-state index in [0.717, 1.165) is 16.9 Å². The molecule has 4 heteroatoms. The summed E-state index contributed by atoms with van der Waals surface area (Å²) in [5.74, 6) is 0. The maximum atomic E-state index is 12.2. The molecule has 1 aromatic carbocycles. The number of hydrogen-bond acceptors (Lipinski definition) is 3. The molecule has 82 valence electrons. The highest BCUT2D eigenvalue weighted by atomic mass is 32.2. The van der Waals surface area contributed by atoms with Crippen LogP contribution in [0.25, 0.3) is 0 Å². The molecule has 1 fully saturated rings. The van der Waals surface area contributed by atoms with Gasteiger partial charge in [0.15, 0.2) is 0 Å². The van der Waals surface area contributed by atoms with Crippen molar-refractivity contribution in [2.45, 2.75) is 23.5 Å². The summed E-state index contributed by atoms with van der Waals surface area (Å²) in [7, 11) is -1.03. The van der Waals surface area contributed by atoms with Crippen molar-refractivity contribution in [1.82, 2.24) is 0 Å². The van der Waals surface area contributed by atoms with E-state index >= 15 is 0 Å². The van der Waals surface area contributed by atoms with Crippen molar-refractivity contribution >= 4 is 16.5 Å². The van der Waals surface area contributed by atoms with Gasteiger partial charge in [-0.1, -0.05) is 6.07 Å². The fourth-order valence-corrected chi connectivity index (χ4v) is 3.17. The molecular formula is C11H15NO2S. The monoisotopic (exact) mass is 225 g/mol. The summed E-state index contributed by atoms with van der Waals surface area (Å²) in [6.07, 6.45) is 0.861. The minimum absolute atomic E-state index is 0.106. The largest absolute Gasteiger partial charge is 0.398 e. The third kappa shape index (κ3) is 2.21. The van der Waals surface area contributed by atoms with Gasteiger partial charge in [-0.15, -0.1) is 0 Å². The Morgan fingerprint density at radius 3 is 3.00 bits per heavy atom. The molecule has 1 heterocycles. The van der Waals surface area contributed by atoms with Crippen molar-refractivity contribution < 1.29 is 8.95 Å². The van der Waals surface area contributed by atoms with Crippen molar-refractivity contribution in [3.05, 3.63) is 23.8 Å². The van der Waals surface area contributed by atoms with E-state index in [0.29, 0.717) is 18.9 Å². The van der Waals surface area contributed by atoms with Crippen LogP contribution >= 0.6 is 0 Å². The van der Waals surface area contributed by atoms with Crippen LogP contribution in [0.15, 0.2) is 23.1 Å². The van der Waals surface area contributed by atoms with Gasteiger partial charge in [-0.25, -0.2) is 0 Å². The topological polar surface area (TPSA) is 52.3 Å². The smallest absolute Gasteiger partial charge is 0.0651 e. The summed E-state index contributed by atoms with van der Waals surface area (Å²) in [6, 6.07) is 5.66. The molecule has 2 unspecified atom stereocenters. The second-order valence-corrected chi connectivity index (χ2v) is 5.53. The minimum Gasteiger partial charge on any atom is -0.398 e. The molecule has 3 nitrogen and oxygen atoms in total. The lowest BCUT2D eigenvalue weighted by molar-refractivity contribution is 0.199. The third-order valence-corrected chi connectivity index (χ3v) is 4.34. The molecule has 2 atom stereocenters. The number of hydrogen-bond donors (Lipinski definition) is 1. The molecule has 1 aromatic rings. The van der Waals surface area contributed by atoms with E-state index in [-0.39, 0.29) is 5.25 Å². The van der Waals surface area contributed by atoms with Gasteiger partial charge in [-0.3, -0.25) is 4.21 Å². The van der Waals surface area contributed by atoms with E-state index in [1.807, 2.05) is 25.1 Å². The van der Waals surface area contributed by atoms with E-state index in [4.69, 9.17) is 10.5 Å². The first-order valence-corrected chi connectivity index (χ1v) is 6.24. The molecule has 2 N–H and O–H groups in total. The quantitative estimate of drug-likeness (QED) is 0.775. The molecule has 15 heavy (non-hydrogen) atoms. The van der Waals surface area contributed by atoms with Crippen molar-refractivity contribution in [3.8, 4) is 0 Å². The van der Waals surface area contributed by atoms with Gasteiger partial charge in [-0.05, 0) is 31.0 Å². The van der Waals surface area contributed by atoms with E-state index in [1.165, 1.54) is 0 Å². The van der Waals surface area contributed by atoms with E-state index in [1.54, 1.807) is 0 Å². The molecule has 0 aromatic heterocycles. The summed E-state index contributed by atoms with van der Waals surface area (Å²) >= 11 is 0. The van der Waals surface area contributed by atoms with Crippen LogP contribution in [-0.2, 0) is 15.5 Å². The van der Waals surface area contributed by atoms with Crippen molar-refractivity contribution in [3.63, 3.8) is 0 Å². The normalized spacial score (nSPS) is 22.9. The van der Waals surface area contributed by atoms with E-state index in [9.17, 15) is 4.21 Å². The Labute approximate surface area is 92.1 Å². The molecule has 1 saturated heterocycles. The summed E-state index contributed by atoms with van der Waals surface area (Å²) in [5, 5.41) is 0.106. The Hall–Kier alpha value is -0.870. The summed E-state index contributed by atoms with van der Waals surface area (Å²) in [4.78, 5) is 0.755. The zero-order valence-electron chi connectivity index (χ0n) is 8.73. The molecule has 0 amide bonds. The van der Waals surface area contributed by atoms with Crippen molar-refractivity contribution in [1.29, 1.82) is 0 Å². The number of nitrogen functional groups attached to an aromatic ring is 1. The number of rotatable bonds is 2. The summed E-state index contributed by atoms with van der Waals surface area (Å²) in [5.41, 5.74) is 7.53. The average molecular weight is 225 g/mol. The first-order chi connectivity index (χ1) is 7.18. The maximum absolute atomic E-state index is 12.2. The first-order valence-electron chi connectivity index (χ1n) is 5.03. The number of benzene rings is 1. The highest BCUT2D eigenvalue weighted by molar-refractivity contribution is 7.85. The Morgan fingerprint density at radius 1 is 1.53 bits per heavy atom. The van der Waals surface area contributed by atoms with E-state index < -0.39 is 10.8 Å². The third-order valence-electron chi connectivity index (χ3n) is 2.58. The van der Waals surface area contributed by atoms with Crippen LogP contribution in [0, 0.1) is 6.92 Å². The molecule has 0 bridgehead atoms. The van der Waals surface area contributed by atoms with Crippen LogP contribution in [0.3, 0.4) is 0 Å². The molecular weight excluding hydrogens is 210 g/mol.